The summed E-state index contributed by atoms with van der Waals surface area (Å²) in [5, 5.41) is 9.85. The van der Waals surface area contributed by atoms with E-state index in [9.17, 15) is 9.90 Å². The highest BCUT2D eigenvalue weighted by Gasteiger charge is 2.11. The first-order chi connectivity index (χ1) is 7.15. The number of aromatic hydroxyl groups is 1. The van der Waals surface area contributed by atoms with Crippen LogP contribution in [0, 0.1) is 6.92 Å². The molecule has 1 heterocycles. The van der Waals surface area contributed by atoms with Gasteiger partial charge in [0.1, 0.15) is 22.5 Å². The monoisotopic (exact) mass is 204 g/mol. The molecule has 0 atom stereocenters. The average molecular weight is 204 g/mol. The van der Waals surface area contributed by atoms with Crippen molar-refractivity contribution in [2.45, 2.75) is 20.3 Å². The molecule has 0 aliphatic heterocycles. The molecule has 3 nitrogen and oxygen atoms in total. The van der Waals surface area contributed by atoms with Crippen LogP contribution in [0.4, 0.5) is 0 Å². The van der Waals surface area contributed by atoms with Crippen molar-refractivity contribution in [1.82, 2.24) is 0 Å². The highest BCUT2D eigenvalue weighted by Crippen LogP contribution is 2.23. The van der Waals surface area contributed by atoms with E-state index in [1.54, 1.807) is 19.1 Å². The first kappa shape index (κ1) is 9.77. The van der Waals surface area contributed by atoms with Crippen LogP contribution in [0.2, 0.25) is 0 Å². The van der Waals surface area contributed by atoms with E-state index < -0.39 is 0 Å². The maximum atomic E-state index is 11.9. The highest BCUT2D eigenvalue weighted by atomic mass is 16.3. The van der Waals surface area contributed by atoms with Gasteiger partial charge in [-0.1, -0.05) is 13.0 Å². The minimum absolute atomic E-state index is 0.0213. The molecule has 2 rings (SSSR count). The second-order valence-corrected chi connectivity index (χ2v) is 3.48. The molecule has 0 unspecified atom stereocenters. The number of rotatable bonds is 1. The van der Waals surface area contributed by atoms with Gasteiger partial charge in [-0.05, 0) is 19.1 Å². The molecule has 0 saturated heterocycles. The molecule has 1 aromatic carbocycles. The Morgan fingerprint density at radius 1 is 1.40 bits per heavy atom. The Labute approximate surface area is 87.0 Å². The predicted molar refractivity (Wildman–Crippen MR) is 58.3 cm³/mol. The van der Waals surface area contributed by atoms with Gasteiger partial charge in [0.2, 0.25) is 0 Å². The van der Waals surface area contributed by atoms with Crippen LogP contribution < -0.4 is 5.43 Å². The molecule has 0 radical (unpaired) electrons. The third kappa shape index (κ3) is 1.40. The number of aryl methyl sites for hydroxylation is 1. The van der Waals surface area contributed by atoms with E-state index >= 15 is 0 Å². The molecule has 2 aromatic rings. The zero-order chi connectivity index (χ0) is 11.0. The zero-order valence-electron chi connectivity index (χ0n) is 8.70. The summed E-state index contributed by atoms with van der Waals surface area (Å²) >= 11 is 0. The fraction of sp³-hybridized carbons (Fsp3) is 0.250. The maximum Gasteiger partial charge on any atom is 0.199 e. The average Bonchev–Trinajstić information content (AvgIpc) is 2.23. The summed E-state index contributed by atoms with van der Waals surface area (Å²) in [5.41, 5.74) is 0.875. The lowest BCUT2D eigenvalue weighted by Crippen LogP contribution is -2.08. The van der Waals surface area contributed by atoms with Gasteiger partial charge in [-0.3, -0.25) is 4.79 Å². The van der Waals surface area contributed by atoms with Crippen LogP contribution in [-0.2, 0) is 6.42 Å². The number of fused-ring (bicyclic) bond motifs is 1. The number of phenols is 1. The third-order valence-electron chi connectivity index (χ3n) is 2.54. The van der Waals surface area contributed by atoms with Gasteiger partial charge in [-0.2, -0.15) is 0 Å². The normalized spacial score (nSPS) is 10.8. The van der Waals surface area contributed by atoms with Crippen LogP contribution in [0.25, 0.3) is 11.0 Å². The molecule has 0 bridgehead atoms. The second kappa shape index (κ2) is 3.42. The van der Waals surface area contributed by atoms with Crippen molar-refractivity contribution in [2.24, 2.45) is 0 Å². The maximum absolute atomic E-state index is 11.9. The molecule has 1 aromatic heterocycles. The molecule has 0 fully saturated rings. The lowest BCUT2D eigenvalue weighted by molar-refractivity contribution is 0.477. The van der Waals surface area contributed by atoms with Crippen LogP contribution in [0.5, 0.6) is 5.75 Å². The Kier molecular flexibility index (Phi) is 2.23. The SMILES string of the molecule is CCc1oc2cccc(O)c2c(=O)c1C. The summed E-state index contributed by atoms with van der Waals surface area (Å²) in [4.78, 5) is 11.9. The van der Waals surface area contributed by atoms with Gasteiger partial charge < -0.3 is 9.52 Å². The minimum atomic E-state index is -0.147. The largest absolute Gasteiger partial charge is 0.507 e. The van der Waals surface area contributed by atoms with Crippen molar-refractivity contribution in [3.8, 4) is 5.75 Å². The van der Waals surface area contributed by atoms with E-state index in [4.69, 9.17) is 4.42 Å². The molecular formula is C12H12O3. The van der Waals surface area contributed by atoms with Gasteiger partial charge in [-0.25, -0.2) is 0 Å². The fourth-order valence-corrected chi connectivity index (χ4v) is 1.69. The Balaban J connectivity index is 2.98. The van der Waals surface area contributed by atoms with Gasteiger partial charge >= 0.3 is 0 Å². The molecule has 0 aliphatic rings. The predicted octanol–water partition coefficient (Wildman–Crippen LogP) is 2.37. The van der Waals surface area contributed by atoms with E-state index in [1.165, 1.54) is 6.07 Å². The zero-order valence-corrected chi connectivity index (χ0v) is 8.70. The van der Waals surface area contributed by atoms with Crippen LogP contribution in [-0.4, -0.2) is 5.11 Å². The number of hydrogen-bond donors (Lipinski definition) is 1. The topological polar surface area (TPSA) is 50.4 Å². The van der Waals surface area contributed by atoms with Crippen LogP contribution >= 0.6 is 0 Å². The van der Waals surface area contributed by atoms with Crippen molar-refractivity contribution >= 4 is 11.0 Å². The second-order valence-electron chi connectivity index (χ2n) is 3.48. The van der Waals surface area contributed by atoms with Gasteiger partial charge in [0.25, 0.3) is 0 Å². The van der Waals surface area contributed by atoms with Gasteiger partial charge in [-0.15, -0.1) is 0 Å². The molecule has 0 aliphatic carbocycles. The lowest BCUT2D eigenvalue weighted by atomic mass is 10.1. The molecule has 15 heavy (non-hydrogen) atoms. The summed E-state index contributed by atoms with van der Waals surface area (Å²) < 4.78 is 5.54. The summed E-state index contributed by atoms with van der Waals surface area (Å²) in [6.07, 6.45) is 0.673. The van der Waals surface area contributed by atoms with Crippen LogP contribution in [0.3, 0.4) is 0 Å². The van der Waals surface area contributed by atoms with Crippen LogP contribution in [0.1, 0.15) is 18.2 Å². The van der Waals surface area contributed by atoms with E-state index in [-0.39, 0.29) is 16.6 Å². The van der Waals surface area contributed by atoms with Crippen molar-refractivity contribution in [2.75, 3.05) is 0 Å². The fourth-order valence-electron chi connectivity index (χ4n) is 1.69. The molecule has 0 spiro atoms. The first-order valence-corrected chi connectivity index (χ1v) is 4.89. The third-order valence-corrected chi connectivity index (χ3v) is 2.54. The number of benzene rings is 1. The molecule has 3 heteroatoms. The smallest absolute Gasteiger partial charge is 0.199 e. The van der Waals surface area contributed by atoms with Gasteiger partial charge in [0.15, 0.2) is 5.43 Å². The molecule has 0 amide bonds. The van der Waals surface area contributed by atoms with E-state index in [0.717, 1.165) is 0 Å². The summed E-state index contributed by atoms with van der Waals surface area (Å²) in [7, 11) is 0. The lowest BCUT2D eigenvalue weighted by Gasteiger charge is -2.05. The van der Waals surface area contributed by atoms with E-state index in [0.29, 0.717) is 23.3 Å². The Morgan fingerprint density at radius 3 is 2.80 bits per heavy atom. The summed E-state index contributed by atoms with van der Waals surface area (Å²) in [6.45, 7) is 3.65. The van der Waals surface area contributed by atoms with Crippen molar-refractivity contribution in [1.29, 1.82) is 0 Å². The van der Waals surface area contributed by atoms with Crippen LogP contribution in [0.15, 0.2) is 27.4 Å². The Morgan fingerprint density at radius 2 is 2.13 bits per heavy atom. The molecule has 0 saturated carbocycles. The van der Waals surface area contributed by atoms with Crippen molar-refractivity contribution in [3.05, 3.63) is 39.7 Å². The number of phenolic OH excluding ortho intramolecular Hbond substituents is 1. The molecule has 1 N–H and O–H groups in total. The van der Waals surface area contributed by atoms with Gasteiger partial charge in [0.05, 0.1) is 0 Å². The minimum Gasteiger partial charge on any atom is -0.507 e. The number of hydrogen-bond acceptors (Lipinski definition) is 3. The van der Waals surface area contributed by atoms with Crippen molar-refractivity contribution < 1.29 is 9.52 Å². The van der Waals surface area contributed by atoms with Crippen molar-refractivity contribution in [3.63, 3.8) is 0 Å². The first-order valence-electron chi connectivity index (χ1n) is 4.89. The highest BCUT2D eigenvalue weighted by molar-refractivity contribution is 5.83. The quantitative estimate of drug-likeness (QED) is 0.775. The van der Waals surface area contributed by atoms with E-state index in [1.807, 2.05) is 6.92 Å². The summed E-state index contributed by atoms with van der Waals surface area (Å²) in [6, 6.07) is 4.84. The standard InChI is InChI=1S/C12H12O3/c1-3-9-7(2)12(14)11-8(13)5-4-6-10(11)15-9/h4-6,13H,3H2,1-2H3. The summed E-state index contributed by atoms with van der Waals surface area (Å²) in [5.74, 6) is 0.658. The Bertz CT molecular complexity index is 567. The van der Waals surface area contributed by atoms with E-state index in [2.05, 4.69) is 0 Å². The Hall–Kier alpha value is -1.77. The molecule has 78 valence electrons. The molecular weight excluding hydrogens is 192 g/mol. The van der Waals surface area contributed by atoms with Gasteiger partial charge in [0, 0.05) is 12.0 Å².